The topological polar surface area (TPSA) is 0 Å². The molecule has 54 valence electrons. The molecule has 1 fully saturated rings. The molecule has 9 heavy (non-hydrogen) atoms. The van der Waals surface area contributed by atoms with Gasteiger partial charge in [0, 0.05) is 30.9 Å². The Hall–Kier alpha value is 0.917. The van der Waals surface area contributed by atoms with Crippen molar-refractivity contribution in [2.45, 2.75) is 18.0 Å². The minimum Gasteiger partial charge on any atom is -0.160 e. The average Bonchev–Trinajstić information content (AvgIpc) is 1.90. The lowest BCUT2D eigenvalue weighted by molar-refractivity contribution is 1.31. The number of hydrogen-bond acceptors (Lipinski definition) is 2. The van der Waals surface area contributed by atoms with Gasteiger partial charge in [0.2, 0.25) is 0 Å². The highest BCUT2D eigenvalue weighted by atomic mass is 32.2. The fraction of sp³-hybridized carbons (Fsp3) is 1.00. The van der Waals surface area contributed by atoms with Crippen LogP contribution in [0, 0.1) is 0 Å². The molecule has 1 atom stereocenters. The summed E-state index contributed by atoms with van der Waals surface area (Å²) in [6.45, 7) is 4.92. The molecule has 0 saturated carbocycles. The zero-order valence-corrected chi connectivity index (χ0v) is 8.88. The van der Waals surface area contributed by atoms with Gasteiger partial charge in [0.1, 0.15) is 0 Å². The summed E-state index contributed by atoms with van der Waals surface area (Å²) >= 11 is 4.36. The van der Waals surface area contributed by atoms with E-state index in [2.05, 4.69) is 36.6 Å². The van der Waals surface area contributed by atoms with Gasteiger partial charge in [0.25, 0.3) is 0 Å². The zero-order chi connectivity index (χ0) is 6.69. The van der Waals surface area contributed by atoms with Crippen LogP contribution in [0.5, 0.6) is 0 Å². The molecule has 0 nitrogen and oxygen atoms in total. The molecule has 0 aliphatic carbocycles. The third-order valence-electron chi connectivity index (χ3n) is 1.59. The molecule has 1 aliphatic rings. The molecule has 0 aromatic carbocycles. The smallest absolute Gasteiger partial charge is 0.0468 e. The van der Waals surface area contributed by atoms with E-state index < -0.39 is 0 Å². The molecule has 0 spiro atoms. The van der Waals surface area contributed by atoms with E-state index in [4.69, 9.17) is 0 Å². The predicted molar refractivity (Wildman–Crippen MR) is 52.4 cm³/mol. The second-order valence-electron chi connectivity index (χ2n) is 2.73. The van der Waals surface area contributed by atoms with E-state index in [0.29, 0.717) is 0 Å². The largest absolute Gasteiger partial charge is 0.160 e. The molecule has 0 aromatic rings. The summed E-state index contributed by atoms with van der Waals surface area (Å²) in [7, 11) is -0.310. The summed E-state index contributed by atoms with van der Waals surface area (Å²) in [5.74, 6) is 4.23. The average molecular weight is 178 g/mol. The Bertz CT molecular complexity index is 79.1. The van der Waals surface area contributed by atoms with E-state index in [9.17, 15) is 0 Å². The van der Waals surface area contributed by atoms with Crippen LogP contribution in [0.2, 0.25) is 13.1 Å². The maximum Gasteiger partial charge on any atom is 0.0468 e. The number of hydrogen-bond donors (Lipinski definition) is 0. The molecule has 0 bridgehead atoms. The highest BCUT2D eigenvalue weighted by Crippen LogP contribution is 2.25. The van der Waals surface area contributed by atoms with Crippen LogP contribution in [0.4, 0.5) is 0 Å². The van der Waals surface area contributed by atoms with Crippen LogP contribution >= 0.6 is 23.5 Å². The molecule has 0 radical (unpaired) electrons. The zero-order valence-electron chi connectivity index (χ0n) is 6.09. The van der Waals surface area contributed by atoms with Crippen molar-refractivity contribution in [2.75, 3.05) is 17.3 Å². The van der Waals surface area contributed by atoms with Gasteiger partial charge < -0.3 is 0 Å². The van der Waals surface area contributed by atoms with Crippen molar-refractivity contribution < 1.29 is 0 Å². The van der Waals surface area contributed by atoms with Crippen molar-refractivity contribution in [3.8, 4) is 0 Å². The lowest BCUT2D eigenvalue weighted by Crippen LogP contribution is -2.27. The van der Waals surface area contributed by atoms with E-state index in [-0.39, 0.29) is 8.80 Å². The van der Waals surface area contributed by atoms with Gasteiger partial charge in [-0.15, -0.1) is 0 Å². The predicted octanol–water partition coefficient (Wildman–Crippen LogP) is 1.86. The Labute approximate surface area is 67.8 Å². The second kappa shape index (κ2) is 3.94. The standard InChI is InChI=1S/C6H14S2Si/c1-9(2)6-5-7-3-4-8-6/h6,9H,3-5H2,1-2H3. The molecule has 1 unspecified atom stereocenters. The number of rotatable bonds is 1. The molecule has 0 aromatic heterocycles. The van der Waals surface area contributed by atoms with Gasteiger partial charge in [-0.3, -0.25) is 0 Å². The van der Waals surface area contributed by atoms with Crippen LogP contribution < -0.4 is 0 Å². The van der Waals surface area contributed by atoms with E-state index in [0.717, 1.165) is 4.87 Å². The molecule has 1 heterocycles. The first-order valence-electron chi connectivity index (χ1n) is 3.50. The normalized spacial score (nSPS) is 29.0. The monoisotopic (exact) mass is 178 g/mol. The van der Waals surface area contributed by atoms with Crippen LogP contribution in [-0.2, 0) is 0 Å². The molecule has 1 saturated heterocycles. The van der Waals surface area contributed by atoms with E-state index >= 15 is 0 Å². The molecule has 3 heteroatoms. The molecule has 1 rings (SSSR count). The Morgan fingerprint density at radius 2 is 2.11 bits per heavy atom. The van der Waals surface area contributed by atoms with Crippen molar-refractivity contribution >= 4 is 32.3 Å². The van der Waals surface area contributed by atoms with Crippen molar-refractivity contribution in [2.24, 2.45) is 0 Å². The quantitative estimate of drug-likeness (QED) is 0.562. The highest BCUT2D eigenvalue weighted by molar-refractivity contribution is 8.07. The Morgan fingerprint density at radius 1 is 1.33 bits per heavy atom. The van der Waals surface area contributed by atoms with E-state index in [1.807, 2.05) is 0 Å². The Balaban J connectivity index is 2.23. The fourth-order valence-electron chi connectivity index (χ4n) is 0.891. The van der Waals surface area contributed by atoms with Gasteiger partial charge in [-0.05, 0) is 0 Å². The molecule has 1 aliphatic heterocycles. The minimum absolute atomic E-state index is 0.310. The summed E-state index contributed by atoms with van der Waals surface area (Å²) < 4.78 is 0. The first-order valence-corrected chi connectivity index (χ1v) is 8.68. The van der Waals surface area contributed by atoms with Crippen molar-refractivity contribution in [1.29, 1.82) is 0 Å². The SMILES string of the molecule is C[SiH](C)C1CSCCS1. The molecular formula is C6H14S2Si. The van der Waals surface area contributed by atoms with Gasteiger partial charge in [0.15, 0.2) is 0 Å². The highest BCUT2D eigenvalue weighted by Gasteiger charge is 2.17. The third-order valence-corrected chi connectivity index (χ3v) is 8.45. The summed E-state index contributed by atoms with van der Waals surface area (Å²) in [6, 6.07) is 0. The lowest BCUT2D eigenvalue weighted by atomic mass is 10.9. The van der Waals surface area contributed by atoms with Gasteiger partial charge in [0.05, 0.1) is 0 Å². The van der Waals surface area contributed by atoms with Gasteiger partial charge in [-0.1, -0.05) is 13.1 Å². The van der Waals surface area contributed by atoms with Crippen molar-refractivity contribution in [3.05, 3.63) is 0 Å². The Kier molecular flexibility index (Phi) is 3.51. The lowest BCUT2D eigenvalue weighted by Gasteiger charge is -2.23. The maximum absolute atomic E-state index is 2.46. The van der Waals surface area contributed by atoms with E-state index in [1.165, 1.54) is 17.3 Å². The van der Waals surface area contributed by atoms with E-state index in [1.54, 1.807) is 0 Å². The van der Waals surface area contributed by atoms with Crippen LogP contribution in [-0.4, -0.2) is 30.9 Å². The van der Waals surface area contributed by atoms with Crippen LogP contribution in [0.3, 0.4) is 0 Å². The minimum atomic E-state index is -0.310. The summed E-state index contributed by atoms with van der Waals surface area (Å²) in [6.07, 6.45) is 0. The van der Waals surface area contributed by atoms with Crippen LogP contribution in [0.15, 0.2) is 0 Å². The van der Waals surface area contributed by atoms with Crippen LogP contribution in [0.1, 0.15) is 0 Å². The number of thioether (sulfide) groups is 2. The third kappa shape index (κ3) is 2.56. The fourth-order valence-corrected chi connectivity index (χ4v) is 7.02. The summed E-state index contributed by atoms with van der Waals surface area (Å²) in [5, 5.41) is 0. The van der Waals surface area contributed by atoms with Gasteiger partial charge in [-0.2, -0.15) is 23.5 Å². The van der Waals surface area contributed by atoms with Gasteiger partial charge >= 0.3 is 0 Å². The van der Waals surface area contributed by atoms with Crippen molar-refractivity contribution in [1.82, 2.24) is 0 Å². The van der Waals surface area contributed by atoms with Crippen molar-refractivity contribution in [3.63, 3.8) is 0 Å². The van der Waals surface area contributed by atoms with Gasteiger partial charge in [-0.25, -0.2) is 0 Å². The second-order valence-corrected chi connectivity index (χ2v) is 9.00. The summed E-state index contributed by atoms with van der Waals surface area (Å²) in [4.78, 5) is 1.07. The molecule has 0 amide bonds. The van der Waals surface area contributed by atoms with Crippen LogP contribution in [0.25, 0.3) is 0 Å². The Morgan fingerprint density at radius 3 is 2.44 bits per heavy atom. The molecular weight excluding hydrogens is 164 g/mol. The maximum atomic E-state index is 2.46. The summed E-state index contributed by atoms with van der Waals surface area (Å²) in [5.41, 5.74) is 0. The first-order chi connectivity index (χ1) is 4.30. The first kappa shape index (κ1) is 8.02. The molecule has 0 N–H and O–H groups in total.